The fraction of sp³-hybridized carbons (Fsp3) is 0.783. The second kappa shape index (κ2) is 6.42. The van der Waals surface area contributed by atoms with Gasteiger partial charge in [-0.1, -0.05) is 25.5 Å². The third kappa shape index (κ3) is 3.04. The minimum atomic E-state index is -2.52. The number of fused-ring (bicyclic) bond motifs is 5. The molecule has 0 spiro atoms. The first-order valence-electron chi connectivity index (χ1n) is 10.7. The van der Waals surface area contributed by atoms with Gasteiger partial charge in [-0.2, -0.15) is 0 Å². The molecule has 0 aromatic rings. The minimum Gasteiger partial charge on any atom is -0.321 e. The first-order valence-corrected chi connectivity index (χ1v) is 13.2. The number of allylic oxidation sites excluding steroid dienone is 2. The van der Waals surface area contributed by atoms with Gasteiger partial charge in [-0.25, -0.2) is 0 Å². The van der Waals surface area contributed by atoms with E-state index in [1.165, 1.54) is 30.4 Å². The number of hydrogen-bond donors (Lipinski definition) is 0. The maximum absolute atomic E-state index is 12.4. The molecular formula is C23H35O3P. The molecule has 0 aromatic heterocycles. The van der Waals surface area contributed by atoms with E-state index in [9.17, 15) is 9.36 Å². The smallest absolute Gasteiger partial charge is 0.197 e. The molecule has 0 amide bonds. The highest BCUT2D eigenvalue weighted by Gasteiger charge is 2.60. The highest BCUT2D eigenvalue weighted by Crippen LogP contribution is 2.67. The lowest BCUT2D eigenvalue weighted by molar-refractivity contribution is -0.117. The van der Waals surface area contributed by atoms with Gasteiger partial charge in [-0.05, 0) is 85.7 Å². The van der Waals surface area contributed by atoms with Gasteiger partial charge < -0.3 is 4.52 Å². The highest BCUT2D eigenvalue weighted by atomic mass is 31.2. The Hall–Kier alpha value is -0.660. The second-order valence-electron chi connectivity index (χ2n) is 10.3. The largest absolute Gasteiger partial charge is 0.321 e. The summed E-state index contributed by atoms with van der Waals surface area (Å²) in [5, 5.41) is 0. The van der Waals surface area contributed by atoms with Crippen molar-refractivity contribution in [3.63, 3.8) is 0 Å². The average molecular weight is 391 g/mol. The molecule has 3 saturated carbocycles. The number of carbonyl (C=O) groups is 1. The van der Waals surface area contributed by atoms with Crippen LogP contribution >= 0.6 is 7.37 Å². The van der Waals surface area contributed by atoms with Crippen molar-refractivity contribution in [2.45, 2.75) is 71.8 Å². The van der Waals surface area contributed by atoms with Crippen LogP contribution in [0.5, 0.6) is 0 Å². The van der Waals surface area contributed by atoms with Gasteiger partial charge in [0.25, 0.3) is 0 Å². The van der Waals surface area contributed by atoms with E-state index in [1.54, 1.807) is 13.3 Å². The van der Waals surface area contributed by atoms with Gasteiger partial charge in [0.2, 0.25) is 0 Å². The Morgan fingerprint density at radius 1 is 1.11 bits per heavy atom. The molecule has 27 heavy (non-hydrogen) atoms. The Kier molecular flexibility index (Phi) is 4.67. The van der Waals surface area contributed by atoms with Crippen molar-refractivity contribution in [3.05, 3.63) is 23.3 Å². The van der Waals surface area contributed by atoms with E-state index in [0.717, 1.165) is 19.3 Å². The SMILES string of the molecule is CC=C1C(OP(C)(C)=O)CC2C3CCC4=CC(=O)CCC4(C)C3CCC12C. The van der Waals surface area contributed by atoms with Crippen molar-refractivity contribution in [3.8, 4) is 0 Å². The van der Waals surface area contributed by atoms with Crippen molar-refractivity contribution < 1.29 is 13.9 Å². The summed E-state index contributed by atoms with van der Waals surface area (Å²) in [6, 6.07) is 0. The maximum Gasteiger partial charge on any atom is 0.197 e. The zero-order valence-corrected chi connectivity index (χ0v) is 18.5. The fourth-order valence-electron chi connectivity index (χ4n) is 7.32. The van der Waals surface area contributed by atoms with Crippen LogP contribution in [0.1, 0.15) is 65.7 Å². The normalized spacial score (nSPS) is 45.9. The standard InChI is InChI=1S/C23H35O3P/c1-6-18-21(26-27(4,5)25)14-20-17-8-7-15-13-16(24)9-11-22(15,2)19(17)10-12-23(18,20)3/h6,13,17,19-21H,7-12,14H2,1-5H3. The summed E-state index contributed by atoms with van der Waals surface area (Å²) in [5.74, 6) is 2.30. The van der Waals surface area contributed by atoms with Crippen molar-refractivity contribution >= 4 is 13.2 Å². The molecule has 4 aliphatic rings. The average Bonchev–Trinajstić information content (AvgIpc) is 2.84. The van der Waals surface area contributed by atoms with Crippen LogP contribution < -0.4 is 0 Å². The predicted molar refractivity (Wildman–Crippen MR) is 110 cm³/mol. The number of carbonyl (C=O) groups excluding carboxylic acids is 1. The quantitative estimate of drug-likeness (QED) is 0.429. The number of hydrogen-bond acceptors (Lipinski definition) is 3. The predicted octanol–water partition coefficient (Wildman–Crippen LogP) is 6.00. The molecule has 150 valence electrons. The van der Waals surface area contributed by atoms with Crippen molar-refractivity contribution in [2.24, 2.45) is 28.6 Å². The van der Waals surface area contributed by atoms with Gasteiger partial charge in [0, 0.05) is 19.8 Å². The monoisotopic (exact) mass is 390 g/mol. The molecule has 0 radical (unpaired) electrons. The fourth-order valence-corrected chi connectivity index (χ4v) is 8.13. The Morgan fingerprint density at radius 3 is 2.52 bits per heavy atom. The van der Waals surface area contributed by atoms with Crippen LogP contribution in [0.2, 0.25) is 0 Å². The summed E-state index contributed by atoms with van der Waals surface area (Å²) < 4.78 is 18.5. The van der Waals surface area contributed by atoms with E-state index in [0.29, 0.717) is 30.0 Å². The van der Waals surface area contributed by atoms with Crippen LogP contribution in [0, 0.1) is 28.6 Å². The molecule has 4 aliphatic carbocycles. The van der Waals surface area contributed by atoms with Crippen LogP contribution in [0.25, 0.3) is 0 Å². The summed E-state index contributed by atoms with van der Waals surface area (Å²) in [4.78, 5) is 12.0. The second-order valence-corrected chi connectivity index (χ2v) is 13.0. The summed E-state index contributed by atoms with van der Waals surface area (Å²) in [6.45, 7) is 10.5. The van der Waals surface area contributed by atoms with Gasteiger partial charge in [-0.15, -0.1) is 0 Å². The summed E-state index contributed by atoms with van der Waals surface area (Å²) >= 11 is 0. The molecule has 4 heteroatoms. The van der Waals surface area contributed by atoms with Gasteiger partial charge in [0.1, 0.15) is 0 Å². The molecule has 0 saturated heterocycles. The molecule has 0 aromatic carbocycles. The van der Waals surface area contributed by atoms with E-state index in [1.807, 2.05) is 6.08 Å². The van der Waals surface area contributed by atoms with Crippen molar-refractivity contribution in [1.82, 2.24) is 0 Å². The zero-order chi connectivity index (χ0) is 19.6. The molecule has 0 bridgehead atoms. The lowest BCUT2D eigenvalue weighted by Gasteiger charge is -2.57. The lowest BCUT2D eigenvalue weighted by Crippen LogP contribution is -2.49. The van der Waals surface area contributed by atoms with Crippen LogP contribution in [0.4, 0.5) is 0 Å². The first kappa shape index (κ1) is 19.6. The molecule has 0 heterocycles. The summed E-state index contributed by atoms with van der Waals surface area (Å²) in [5.41, 5.74) is 3.20. The topological polar surface area (TPSA) is 43.4 Å². The zero-order valence-electron chi connectivity index (χ0n) is 17.6. The third-order valence-electron chi connectivity index (χ3n) is 8.52. The summed E-state index contributed by atoms with van der Waals surface area (Å²) in [7, 11) is -2.52. The lowest BCUT2D eigenvalue weighted by atomic mass is 9.47. The Labute approximate surface area is 164 Å². The number of rotatable bonds is 2. The molecule has 0 aliphatic heterocycles. The van der Waals surface area contributed by atoms with E-state index in [-0.39, 0.29) is 16.9 Å². The molecule has 0 N–H and O–H groups in total. The van der Waals surface area contributed by atoms with Crippen molar-refractivity contribution in [2.75, 3.05) is 13.3 Å². The van der Waals surface area contributed by atoms with Crippen molar-refractivity contribution in [1.29, 1.82) is 0 Å². The van der Waals surface area contributed by atoms with E-state index in [2.05, 4.69) is 26.8 Å². The van der Waals surface area contributed by atoms with E-state index >= 15 is 0 Å². The Bertz CT molecular complexity index is 760. The minimum absolute atomic E-state index is 0.0160. The third-order valence-corrected chi connectivity index (χ3v) is 9.28. The van der Waals surface area contributed by atoms with Crippen LogP contribution in [-0.4, -0.2) is 25.2 Å². The molecule has 3 nitrogen and oxygen atoms in total. The van der Waals surface area contributed by atoms with Crippen LogP contribution in [0.3, 0.4) is 0 Å². The Morgan fingerprint density at radius 2 is 1.85 bits per heavy atom. The van der Waals surface area contributed by atoms with Crippen LogP contribution in [-0.2, 0) is 13.9 Å². The molecular weight excluding hydrogens is 355 g/mol. The van der Waals surface area contributed by atoms with Gasteiger partial charge in [0.15, 0.2) is 13.2 Å². The maximum atomic E-state index is 12.4. The van der Waals surface area contributed by atoms with E-state index < -0.39 is 7.37 Å². The van der Waals surface area contributed by atoms with Gasteiger partial charge >= 0.3 is 0 Å². The molecule has 6 atom stereocenters. The molecule has 3 fully saturated rings. The molecule has 6 unspecified atom stereocenters. The highest BCUT2D eigenvalue weighted by molar-refractivity contribution is 7.57. The molecule has 4 rings (SSSR count). The van der Waals surface area contributed by atoms with E-state index in [4.69, 9.17) is 4.52 Å². The Balaban J connectivity index is 1.67. The van der Waals surface area contributed by atoms with Gasteiger partial charge in [-0.3, -0.25) is 9.36 Å². The van der Waals surface area contributed by atoms with Crippen LogP contribution in [0.15, 0.2) is 23.3 Å². The van der Waals surface area contributed by atoms with Gasteiger partial charge in [0.05, 0.1) is 6.10 Å². The summed E-state index contributed by atoms with van der Waals surface area (Å²) in [6.07, 6.45) is 11.7. The number of ketones is 1. The first-order chi connectivity index (χ1) is 12.6.